The van der Waals surface area contributed by atoms with Crippen molar-refractivity contribution in [2.45, 2.75) is 18.6 Å². The molecule has 3 heterocycles. The summed E-state index contributed by atoms with van der Waals surface area (Å²) in [6, 6.07) is 10.5. The number of benzene rings is 2. The Bertz CT molecular complexity index is 958. The van der Waals surface area contributed by atoms with Crippen LogP contribution in [0.4, 0.5) is 15.8 Å². The number of carbonyl (C=O) groups excluding carboxylic acids is 1. The van der Waals surface area contributed by atoms with E-state index in [1.807, 2.05) is 17.0 Å². The maximum atomic E-state index is 15.0. The Labute approximate surface area is 168 Å². The van der Waals surface area contributed by atoms with Crippen LogP contribution in [0.25, 0.3) is 0 Å². The molecule has 0 aliphatic carbocycles. The van der Waals surface area contributed by atoms with Crippen LogP contribution < -0.4 is 14.5 Å². The summed E-state index contributed by atoms with van der Waals surface area (Å²) in [7, 11) is 1.61. The Kier molecular flexibility index (Phi) is 4.44. The van der Waals surface area contributed by atoms with Gasteiger partial charge in [0.05, 0.1) is 32.6 Å². The molecule has 29 heavy (non-hydrogen) atoms. The highest BCUT2D eigenvalue weighted by atomic mass is 19.1. The zero-order valence-corrected chi connectivity index (χ0v) is 16.3. The maximum Gasteiger partial charge on any atom is 0.258 e. The molecule has 1 amide bonds. The van der Waals surface area contributed by atoms with Crippen molar-refractivity contribution in [3.8, 4) is 5.75 Å². The van der Waals surface area contributed by atoms with E-state index in [0.29, 0.717) is 56.2 Å². The molecule has 0 radical (unpaired) electrons. The first-order valence-corrected chi connectivity index (χ1v) is 9.90. The lowest BCUT2D eigenvalue weighted by molar-refractivity contribution is -0.137. The molecule has 3 aliphatic heterocycles. The first-order chi connectivity index (χ1) is 14.1. The molecule has 2 aromatic carbocycles. The van der Waals surface area contributed by atoms with E-state index in [1.165, 1.54) is 6.07 Å². The zero-order chi connectivity index (χ0) is 20.0. The van der Waals surface area contributed by atoms with Crippen molar-refractivity contribution in [3.05, 3.63) is 53.3 Å². The molecule has 1 spiro atoms. The number of hydrogen-bond acceptors (Lipinski definition) is 5. The number of ether oxygens (including phenoxy) is 3. The van der Waals surface area contributed by atoms with Crippen LogP contribution >= 0.6 is 0 Å². The zero-order valence-electron chi connectivity index (χ0n) is 16.3. The number of anilines is 2. The number of amides is 1. The molecule has 5 rings (SSSR count). The Balaban J connectivity index is 1.37. The molecule has 0 bridgehead atoms. The van der Waals surface area contributed by atoms with Crippen molar-refractivity contribution in [1.29, 1.82) is 0 Å². The van der Waals surface area contributed by atoms with Crippen molar-refractivity contribution < 1.29 is 23.4 Å². The third-order valence-electron chi connectivity index (χ3n) is 5.98. The molecule has 3 aliphatic rings. The number of rotatable bonds is 3. The van der Waals surface area contributed by atoms with E-state index < -0.39 is 5.79 Å². The lowest BCUT2D eigenvalue weighted by Crippen LogP contribution is -2.37. The number of fused-ring (bicyclic) bond motifs is 1. The van der Waals surface area contributed by atoms with Crippen LogP contribution in [0, 0.1) is 5.82 Å². The highest BCUT2D eigenvalue weighted by Crippen LogP contribution is 2.36. The second-order valence-electron chi connectivity index (χ2n) is 7.64. The van der Waals surface area contributed by atoms with E-state index in [9.17, 15) is 9.18 Å². The minimum Gasteiger partial charge on any atom is -0.497 e. The molecule has 2 saturated heterocycles. The van der Waals surface area contributed by atoms with E-state index in [1.54, 1.807) is 30.2 Å². The predicted octanol–water partition coefficient (Wildman–Crippen LogP) is 2.99. The molecular formula is C22H23FN2O4. The summed E-state index contributed by atoms with van der Waals surface area (Å²) in [4.78, 5) is 16.5. The molecule has 0 saturated carbocycles. The third kappa shape index (κ3) is 3.14. The molecule has 0 unspecified atom stereocenters. The molecule has 6 nitrogen and oxygen atoms in total. The van der Waals surface area contributed by atoms with Gasteiger partial charge in [0.25, 0.3) is 5.91 Å². The van der Waals surface area contributed by atoms with Crippen LogP contribution in [0.5, 0.6) is 5.75 Å². The molecule has 2 fully saturated rings. The molecule has 0 aromatic heterocycles. The van der Waals surface area contributed by atoms with Crippen molar-refractivity contribution in [3.63, 3.8) is 0 Å². The van der Waals surface area contributed by atoms with Crippen molar-refractivity contribution in [2.24, 2.45) is 0 Å². The Morgan fingerprint density at radius 2 is 1.93 bits per heavy atom. The second-order valence-corrected chi connectivity index (χ2v) is 7.64. The molecule has 152 valence electrons. The van der Waals surface area contributed by atoms with Gasteiger partial charge < -0.3 is 24.0 Å². The second kappa shape index (κ2) is 7.00. The Hall–Kier alpha value is -2.64. The summed E-state index contributed by atoms with van der Waals surface area (Å²) < 4.78 is 31.7. The van der Waals surface area contributed by atoms with Gasteiger partial charge in [-0.1, -0.05) is 0 Å². The average molecular weight is 398 g/mol. The van der Waals surface area contributed by atoms with Crippen LogP contribution in [-0.4, -0.2) is 51.7 Å². The van der Waals surface area contributed by atoms with Gasteiger partial charge in [-0.3, -0.25) is 4.79 Å². The average Bonchev–Trinajstić information content (AvgIpc) is 3.37. The van der Waals surface area contributed by atoms with E-state index in [2.05, 4.69) is 0 Å². The molecule has 7 heteroatoms. The largest absolute Gasteiger partial charge is 0.497 e. The summed E-state index contributed by atoms with van der Waals surface area (Å²) in [5.41, 5.74) is 2.68. The Morgan fingerprint density at radius 1 is 1.10 bits per heavy atom. The van der Waals surface area contributed by atoms with Crippen LogP contribution in [-0.2, 0) is 15.9 Å². The topological polar surface area (TPSA) is 51.2 Å². The monoisotopic (exact) mass is 398 g/mol. The van der Waals surface area contributed by atoms with E-state index in [0.717, 1.165) is 17.7 Å². The standard InChI is InChI=1S/C22H23FN2O4/c1-27-17-3-4-18-15(12-17)6-8-25(21(18)26)16-2-5-20(19(23)13-16)24-9-7-22(14-24)28-10-11-29-22/h2-5,12-13H,6-11,14H2,1H3. The maximum absolute atomic E-state index is 15.0. The summed E-state index contributed by atoms with van der Waals surface area (Å²) >= 11 is 0. The minimum absolute atomic E-state index is 0.117. The van der Waals surface area contributed by atoms with Crippen molar-refractivity contribution in [1.82, 2.24) is 0 Å². The summed E-state index contributed by atoms with van der Waals surface area (Å²) in [6.07, 6.45) is 1.42. The highest BCUT2D eigenvalue weighted by Gasteiger charge is 2.44. The smallest absolute Gasteiger partial charge is 0.258 e. The molecule has 0 N–H and O–H groups in total. The van der Waals surface area contributed by atoms with E-state index >= 15 is 0 Å². The van der Waals surface area contributed by atoms with Crippen LogP contribution in [0.3, 0.4) is 0 Å². The van der Waals surface area contributed by atoms with E-state index in [4.69, 9.17) is 14.2 Å². The Morgan fingerprint density at radius 3 is 2.69 bits per heavy atom. The van der Waals surface area contributed by atoms with Gasteiger partial charge >= 0.3 is 0 Å². The number of carbonyl (C=O) groups is 1. The van der Waals surface area contributed by atoms with Gasteiger partial charge in [-0.25, -0.2) is 4.39 Å². The SMILES string of the molecule is COc1ccc2c(c1)CCN(c1ccc(N3CCC4(C3)OCCO4)c(F)c1)C2=O. The fourth-order valence-corrected chi connectivity index (χ4v) is 4.45. The van der Waals surface area contributed by atoms with Gasteiger partial charge in [-0.15, -0.1) is 0 Å². The van der Waals surface area contributed by atoms with Crippen molar-refractivity contribution >= 4 is 17.3 Å². The van der Waals surface area contributed by atoms with Gasteiger partial charge in [0.1, 0.15) is 11.6 Å². The lowest BCUT2D eigenvalue weighted by Gasteiger charge is -2.30. The predicted molar refractivity (Wildman–Crippen MR) is 106 cm³/mol. The van der Waals surface area contributed by atoms with Crippen LogP contribution in [0.15, 0.2) is 36.4 Å². The summed E-state index contributed by atoms with van der Waals surface area (Å²) in [5.74, 6) is -0.322. The van der Waals surface area contributed by atoms with Crippen molar-refractivity contribution in [2.75, 3.05) is 49.8 Å². The quantitative estimate of drug-likeness (QED) is 0.796. The third-order valence-corrected chi connectivity index (χ3v) is 5.98. The highest BCUT2D eigenvalue weighted by molar-refractivity contribution is 6.08. The first kappa shape index (κ1) is 18.4. The van der Waals surface area contributed by atoms with Gasteiger partial charge in [0.2, 0.25) is 0 Å². The van der Waals surface area contributed by atoms with Gasteiger partial charge in [0, 0.05) is 30.8 Å². The van der Waals surface area contributed by atoms with Gasteiger partial charge in [-0.05, 0) is 48.4 Å². The minimum atomic E-state index is -0.598. The summed E-state index contributed by atoms with van der Waals surface area (Å²) in [6.45, 7) is 2.86. The molecule has 2 aromatic rings. The van der Waals surface area contributed by atoms with Crippen LogP contribution in [0.1, 0.15) is 22.3 Å². The fraction of sp³-hybridized carbons (Fsp3) is 0.409. The van der Waals surface area contributed by atoms with Gasteiger partial charge in [-0.2, -0.15) is 0 Å². The fourth-order valence-electron chi connectivity index (χ4n) is 4.45. The number of methoxy groups -OCH3 is 1. The van der Waals surface area contributed by atoms with Gasteiger partial charge in [0.15, 0.2) is 5.79 Å². The number of nitrogens with zero attached hydrogens (tertiary/aromatic N) is 2. The normalized spacial score (nSPS) is 20.4. The first-order valence-electron chi connectivity index (χ1n) is 9.90. The molecule has 0 atom stereocenters. The van der Waals surface area contributed by atoms with Crippen LogP contribution in [0.2, 0.25) is 0 Å². The van der Waals surface area contributed by atoms with E-state index in [-0.39, 0.29) is 11.7 Å². The number of hydrogen-bond donors (Lipinski definition) is 0. The number of halogens is 1. The molecular weight excluding hydrogens is 375 g/mol. The lowest BCUT2D eigenvalue weighted by atomic mass is 9.98. The summed E-state index contributed by atoms with van der Waals surface area (Å²) in [5, 5.41) is 0.